The van der Waals surface area contributed by atoms with E-state index in [4.69, 9.17) is 9.47 Å². The second-order valence-electron chi connectivity index (χ2n) is 4.95. The van der Waals surface area contributed by atoms with Crippen molar-refractivity contribution in [1.82, 2.24) is 5.43 Å². The third kappa shape index (κ3) is 5.40. The fraction of sp³-hybridized carbons (Fsp3) is 0.467. The van der Waals surface area contributed by atoms with E-state index in [-0.39, 0.29) is 5.91 Å². The Balaban J connectivity index is 1.88. The maximum absolute atomic E-state index is 11.9. The molecule has 1 aliphatic rings. The number of carbonyl (C=O) groups is 1. The molecule has 1 amide bonds. The molecule has 1 aromatic rings. The molecular weight excluding hydrogens is 350 g/mol. The number of hydrogen-bond acceptors (Lipinski definition) is 4. The minimum absolute atomic E-state index is 0.0962. The molecule has 0 aromatic heterocycles. The van der Waals surface area contributed by atoms with E-state index in [0.29, 0.717) is 26.4 Å². The van der Waals surface area contributed by atoms with Gasteiger partial charge < -0.3 is 14.4 Å². The number of hydrogen-bond donors (Lipinski definition) is 2. The molecule has 1 heterocycles. The van der Waals surface area contributed by atoms with Crippen LogP contribution < -0.4 is 15.1 Å². The monoisotopic (exact) mass is 370 g/mol. The summed E-state index contributed by atoms with van der Waals surface area (Å²) in [7, 11) is 0. The highest BCUT2D eigenvalue weighted by Crippen LogP contribution is 2.21. The molecular formula is C15H21BrN3O3+. The molecule has 22 heavy (non-hydrogen) atoms. The highest BCUT2D eigenvalue weighted by Gasteiger charge is 2.17. The molecule has 0 bridgehead atoms. The van der Waals surface area contributed by atoms with E-state index in [1.165, 1.54) is 4.90 Å². The van der Waals surface area contributed by atoms with Gasteiger partial charge in [0.25, 0.3) is 5.91 Å². The molecule has 1 saturated heterocycles. The summed E-state index contributed by atoms with van der Waals surface area (Å²) in [6.45, 7) is 6.06. The largest absolute Gasteiger partial charge is 0.493 e. The maximum atomic E-state index is 11.9. The lowest BCUT2D eigenvalue weighted by molar-refractivity contribution is -0.900. The lowest BCUT2D eigenvalue weighted by Crippen LogP contribution is -3.15. The number of hydrazone groups is 1. The first-order valence-electron chi connectivity index (χ1n) is 7.34. The average Bonchev–Trinajstić information content (AvgIpc) is 2.51. The van der Waals surface area contributed by atoms with Gasteiger partial charge in [-0.25, -0.2) is 5.43 Å². The molecule has 2 N–H and O–H groups in total. The predicted octanol–water partition coefficient (Wildman–Crippen LogP) is 0.213. The summed E-state index contributed by atoms with van der Waals surface area (Å²) < 4.78 is 11.7. The number of benzene rings is 1. The highest BCUT2D eigenvalue weighted by atomic mass is 79.9. The van der Waals surface area contributed by atoms with E-state index >= 15 is 0 Å². The van der Waals surface area contributed by atoms with Gasteiger partial charge in [-0.3, -0.25) is 4.79 Å². The van der Waals surface area contributed by atoms with Gasteiger partial charge in [-0.05, 0) is 25.1 Å². The number of halogens is 1. The van der Waals surface area contributed by atoms with Gasteiger partial charge in [0.05, 0.1) is 26.0 Å². The van der Waals surface area contributed by atoms with Gasteiger partial charge in [-0.2, -0.15) is 5.10 Å². The van der Waals surface area contributed by atoms with Gasteiger partial charge in [-0.1, -0.05) is 15.9 Å². The van der Waals surface area contributed by atoms with Crippen LogP contribution in [0.1, 0.15) is 12.5 Å². The topological polar surface area (TPSA) is 64.4 Å². The van der Waals surface area contributed by atoms with Crippen molar-refractivity contribution < 1.29 is 19.2 Å². The lowest BCUT2D eigenvalue weighted by atomic mass is 10.2. The summed E-state index contributed by atoms with van der Waals surface area (Å²) in [4.78, 5) is 13.1. The molecule has 0 radical (unpaired) electrons. The van der Waals surface area contributed by atoms with Crippen molar-refractivity contribution in [3.05, 3.63) is 28.2 Å². The fourth-order valence-corrected chi connectivity index (χ4v) is 2.56. The Bertz CT molecular complexity index is 531. The van der Waals surface area contributed by atoms with Gasteiger partial charge in [0, 0.05) is 10.0 Å². The van der Waals surface area contributed by atoms with E-state index in [2.05, 4.69) is 26.5 Å². The van der Waals surface area contributed by atoms with Gasteiger partial charge in [-0.15, -0.1) is 0 Å². The minimum atomic E-state index is -0.0962. The molecule has 0 unspecified atom stereocenters. The number of amides is 1. The highest BCUT2D eigenvalue weighted by molar-refractivity contribution is 9.10. The number of nitrogens with one attached hydrogen (secondary N) is 2. The summed E-state index contributed by atoms with van der Waals surface area (Å²) in [6.07, 6.45) is 1.60. The Morgan fingerprint density at radius 3 is 3.00 bits per heavy atom. The SMILES string of the molecule is CCOc1ccc(Br)cc1/C=N\NC(=O)C[NH+]1CCOCC1. The first kappa shape index (κ1) is 16.9. The van der Waals surface area contributed by atoms with Crippen LogP contribution in [0.15, 0.2) is 27.8 Å². The number of rotatable bonds is 6. The number of nitrogens with zero attached hydrogens (tertiary/aromatic N) is 1. The quantitative estimate of drug-likeness (QED) is 0.555. The molecule has 0 aliphatic carbocycles. The van der Waals surface area contributed by atoms with E-state index in [1.54, 1.807) is 6.21 Å². The summed E-state index contributed by atoms with van der Waals surface area (Å²) in [5.74, 6) is 0.642. The first-order chi connectivity index (χ1) is 10.7. The smallest absolute Gasteiger partial charge is 0.295 e. The van der Waals surface area contributed by atoms with Crippen molar-refractivity contribution in [2.45, 2.75) is 6.92 Å². The lowest BCUT2D eigenvalue weighted by Gasteiger charge is -2.22. The minimum Gasteiger partial charge on any atom is -0.493 e. The molecule has 0 atom stereocenters. The molecule has 0 spiro atoms. The number of carbonyl (C=O) groups excluding carboxylic acids is 1. The first-order valence-corrected chi connectivity index (χ1v) is 8.14. The second kappa shape index (κ2) is 8.87. The molecule has 2 rings (SSSR count). The van der Waals surface area contributed by atoms with Crippen LogP contribution in [0.2, 0.25) is 0 Å². The number of morpholine rings is 1. The fourth-order valence-electron chi connectivity index (χ4n) is 2.18. The molecule has 1 fully saturated rings. The van der Waals surface area contributed by atoms with Gasteiger partial charge in [0.1, 0.15) is 18.8 Å². The Morgan fingerprint density at radius 1 is 1.50 bits per heavy atom. The summed E-state index contributed by atoms with van der Waals surface area (Å²) in [5, 5.41) is 4.02. The Hall–Kier alpha value is -1.44. The van der Waals surface area contributed by atoms with Crippen LogP contribution in [0.25, 0.3) is 0 Å². The summed E-state index contributed by atoms with van der Waals surface area (Å²) >= 11 is 3.41. The molecule has 6 nitrogen and oxygen atoms in total. The Labute approximate surface area is 138 Å². The third-order valence-electron chi connectivity index (χ3n) is 3.28. The van der Waals surface area contributed by atoms with E-state index in [1.807, 2.05) is 25.1 Å². The molecule has 1 aromatic carbocycles. The number of quaternary nitrogens is 1. The normalized spacial score (nSPS) is 15.9. The van der Waals surface area contributed by atoms with Crippen molar-refractivity contribution in [2.75, 3.05) is 39.5 Å². The average molecular weight is 371 g/mol. The van der Waals surface area contributed by atoms with Crippen molar-refractivity contribution in [3.8, 4) is 5.75 Å². The van der Waals surface area contributed by atoms with E-state index in [9.17, 15) is 4.79 Å². The van der Waals surface area contributed by atoms with Crippen LogP contribution >= 0.6 is 15.9 Å². The summed E-state index contributed by atoms with van der Waals surface area (Å²) in [5.41, 5.74) is 3.38. The van der Waals surface area contributed by atoms with Crippen molar-refractivity contribution in [1.29, 1.82) is 0 Å². The van der Waals surface area contributed by atoms with Crippen LogP contribution in [0.3, 0.4) is 0 Å². The summed E-state index contributed by atoms with van der Waals surface area (Å²) in [6, 6.07) is 5.67. The predicted molar refractivity (Wildman–Crippen MR) is 87.4 cm³/mol. The van der Waals surface area contributed by atoms with Crippen molar-refractivity contribution in [3.63, 3.8) is 0 Å². The molecule has 1 aliphatic heterocycles. The van der Waals surface area contributed by atoms with E-state index in [0.717, 1.165) is 28.9 Å². The standard InChI is InChI=1S/C15H20BrN3O3/c1-2-22-14-4-3-13(16)9-12(14)10-17-18-15(20)11-19-5-7-21-8-6-19/h3-4,9-10H,2,5-8,11H2,1H3,(H,18,20)/p+1/b17-10-. The van der Waals surface area contributed by atoms with Gasteiger partial charge >= 0.3 is 0 Å². The van der Waals surface area contributed by atoms with Crippen molar-refractivity contribution >= 4 is 28.1 Å². The number of ether oxygens (including phenoxy) is 2. The van der Waals surface area contributed by atoms with Crippen LogP contribution in [0, 0.1) is 0 Å². The molecule has 0 saturated carbocycles. The van der Waals surface area contributed by atoms with E-state index < -0.39 is 0 Å². The zero-order valence-electron chi connectivity index (χ0n) is 12.6. The van der Waals surface area contributed by atoms with Gasteiger partial charge in [0.15, 0.2) is 6.54 Å². The van der Waals surface area contributed by atoms with Gasteiger partial charge in [0.2, 0.25) is 0 Å². The zero-order valence-corrected chi connectivity index (χ0v) is 14.2. The molecule has 7 heteroatoms. The third-order valence-corrected chi connectivity index (χ3v) is 3.77. The molecule has 120 valence electrons. The van der Waals surface area contributed by atoms with Crippen LogP contribution in [0.4, 0.5) is 0 Å². The van der Waals surface area contributed by atoms with Crippen LogP contribution in [0.5, 0.6) is 5.75 Å². The second-order valence-corrected chi connectivity index (χ2v) is 5.86. The van der Waals surface area contributed by atoms with Crippen molar-refractivity contribution in [2.24, 2.45) is 5.10 Å². The van der Waals surface area contributed by atoms with Crippen LogP contribution in [-0.2, 0) is 9.53 Å². The maximum Gasteiger partial charge on any atom is 0.295 e. The Kier molecular flexibility index (Phi) is 6.82. The Morgan fingerprint density at radius 2 is 2.27 bits per heavy atom. The van der Waals surface area contributed by atoms with Crippen LogP contribution in [-0.4, -0.2) is 51.6 Å². The zero-order chi connectivity index (χ0) is 15.8.